The van der Waals surface area contributed by atoms with Crippen LogP contribution >= 0.6 is 0 Å². The van der Waals surface area contributed by atoms with Gasteiger partial charge >= 0.3 is 11.9 Å². The summed E-state index contributed by atoms with van der Waals surface area (Å²) in [6.07, 6.45) is 5.46. The van der Waals surface area contributed by atoms with Crippen molar-refractivity contribution >= 4 is 11.9 Å². The third kappa shape index (κ3) is 5.67. The van der Waals surface area contributed by atoms with E-state index in [1.54, 1.807) is 0 Å². The molecule has 6 nitrogen and oxygen atoms in total. The minimum Gasteiger partial charge on any atom is -0.473 e. The molecule has 1 rings (SSSR count). The monoisotopic (exact) mass is 232 g/mol. The summed E-state index contributed by atoms with van der Waals surface area (Å²) < 4.78 is 0. The van der Waals surface area contributed by atoms with Crippen molar-refractivity contribution in [2.75, 3.05) is 14.1 Å². The van der Waals surface area contributed by atoms with Gasteiger partial charge in [-0.05, 0) is 26.9 Å². The fourth-order valence-corrected chi connectivity index (χ4v) is 1.82. The van der Waals surface area contributed by atoms with Crippen LogP contribution in [0.4, 0.5) is 0 Å². The predicted molar refractivity (Wildman–Crippen MR) is 59.4 cm³/mol. The molecule has 1 fully saturated rings. The number of aliphatic carboxylic acids is 2. The summed E-state index contributed by atoms with van der Waals surface area (Å²) in [6.45, 7) is 0. The number of likely N-dealkylation sites (N-methyl/N-ethyl adjacent to an activating group) is 2. The van der Waals surface area contributed by atoms with E-state index in [0.717, 1.165) is 0 Å². The van der Waals surface area contributed by atoms with Crippen molar-refractivity contribution < 1.29 is 19.8 Å². The molecule has 0 spiro atoms. The van der Waals surface area contributed by atoms with Crippen LogP contribution in [0.2, 0.25) is 0 Å². The van der Waals surface area contributed by atoms with Crippen LogP contribution in [-0.4, -0.2) is 48.3 Å². The van der Waals surface area contributed by atoms with Gasteiger partial charge in [0, 0.05) is 12.1 Å². The van der Waals surface area contributed by atoms with Crippen LogP contribution in [0.3, 0.4) is 0 Å². The molecule has 16 heavy (non-hydrogen) atoms. The molecule has 4 N–H and O–H groups in total. The Balaban J connectivity index is 0.000000325. The lowest BCUT2D eigenvalue weighted by Gasteiger charge is -2.30. The van der Waals surface area contributed by atoms with Crippen molar-refractivity contribution in [3.63, 3.8) is 0 Å². The first-order valence-electron chi connectivity index (χ1n) is 5.33. The standard InChI is InChI=1S/C8H18N2.C2H2O4/c1-9-7-5-3-4-6-8(7)10-2;3-1(4)2(5)6/h7-10H,3-6H2,1-2H3;(H,3,4)(H,5,6)/t7-,8-;/m0./s1. The van der Waals surface area contributed by atoms with Gasteiger partial charge in [-0.2, -0.15) is 0 Å². The highest BCUT2D eigenvalue weighted by molar-refractivity contribution is 6.27. The number of nitrogens with one attached hydrogen (secondary N) is 2. The van der Waals surface area contributed by atoms with Crippen LogP contribution in [0.25, 0.3) is 0 Å². The highest BCUT2D eigenvalue weighted by Gasteiger charge is 2.21. The lowest BCUT2D eigenvalue weighted by Crippen LogP contribution is -2.47. The molecule has 1 saturated carbocycles. The van der Waals surface area contributed by atoms with Crippen LogP contribution in [0.1, 0.15) is 25.7 Å². The van der Waals surface area contributed by atoms with Gasteiger partial charge < -0.3 is 20.8 Å². The fraction of sp³-hybridized carbons (Fsp3) is 0.800. The summed E-state index contributed by atoms with van der Waals surface area (Å²) in [5.74, 6) is -3.65. The number of hydrogen-bond donors (Lipinski definition) is 4. The fourth-order valence-electron chi connectivity index (χ4n) is 1.82. The second-order valence-electron chi connectivity index (χ2n) is 3.69. The lowest BCUT2D eigenvalue weighted by molar-refractivity contribution is -0.159. The summed E-state index contributed by atoms with van der Waals surface area (Å²) >= 11 is 0. The molecule has 1 aliphatic rings. The highest BCUT2D eigenvalue weighted by Crippen LogP contribution is 2.17. The Morgan fingerprint density at radius 1 is 0.938 bits per heavy atom. The van der Waals surface area contributed by atoms with Crippen molar-refractivity contribution in [3.05, 3.63) is 0 Å². The van der Waals surface area contributed by atoms with Gasteiger partial charge in [-0.1, -0.05) is 12.8 Å². The zero-order chi connectivity index (χ0) is 12.6. The summed E-state index contributed by atoms with van der Waals surface area (Å²) in [6, 6.07) is 1.41. The van der Waals surface area contributed by atoms with Gasteiger partial charge in [0.15, 0.2) is 0 Å². The van der Waals surface area contributed by atoms with Crippen molar-refractivity contribution in [2.45, 2.75) is 37.8 Å². The smallest absolute Gasteiger partial charge is 0.414 e. The lowest BCUT2D eigenvalue weighted by atomic mass is 9.91. The molecule has 6 heteroatoms. The maximum atomic E-state index is 9.10. The summed E-state index contributed by atoms with van der Waals surface area (Å²) in [4.78, 5) is 18.2. The van der Waals surface area contributed by atoms with Crippen LogP contribution in [0.5, 0.6) is 0 Å². The van der Waals surface area contributed by atoms with Gasteiger partial charge in [0.1, 0.15) is 0 Å². The van der Waals surface area contributed by atoms with Crippen molar-refractivity contribution in [2.24, 2.45) is 0 Å². The van der Waals surface area contributed by atoms with E-state index in [0.29, 0.717) is 12.1 Å². The van der Waals surface area contributed by atoms with E-state index in [9.17, 15) is 0 Å². The van der Waals surface area contributed by atoms with E-state index in [4.69, 9.17) is 19.8 Å². The number of rotatable bonds is 2. The van der Waals surface area contributed by atoms with E-state index in [2.05, 4.69) is 24.7 Å². The molecule has 0 bridgehead atoms. The van der Waals surface area contributed by atoms with Crippen LogP contribution in [-0.2, 0) is 9.59 Å². The molecule has 0 radical (unpaired) electrons. The third-order valence-corrected chi connectivity index (χ3v) is 2.69. The maximum Gasteiger partial charge on any atom is 0.414 e. The largest absolute Gasteiger partial charge is 0.473 e. The highest BCUT2D eigenvalue weighted by atomic mass is 16.4. The molecular weight excluding hydrogens is 212 g/mol. The van der Waals surface area contributed by atoms with E-state index in [1.807, 2.05) is 0 Å². The number of carboxylic acids is 2. The van der Waals surface area contributed by atoms with Crippen molar-refractivity contribution in [1.82, 2.24) is 10.6 Å². The molecule has 0 aromatic carbocycles. The van der Waals surface area contributed by atoms with Gasteiger partial charge in [0.2, 0.25) is 0 Å². The number of carbonyl (C=O) groups is 2. The molecule has 0 aliphatic heterocycles. The molecule has 0 heterocycles. The Morgan fingerprint density at radius 3 is 1.44 bits per heavy atom. The minimum absolute atomic E-state index is 0.707. The Morgan fingerprint density at radius 2 is 1.25 bits per heavy atom. The number of hydrogen-bond acceptors (Lipinski definition) is 4. The molecule has 0 saturated heterocycles. The Kier molecular flexibility index (Phi) is 7.49. The van der Waals surface area contributed by atoms with Crippen LogP contribution in [0.15, 0.2) is 0 Å². The van der Waals surface area contributed by atoms with Gasteiger partial charge in [-0.3, -0.25) is 0 Å². The second-order valence-corrected chi connectivity index (χ2v) is 3.69. The van der Waals surface area contributed by atoms with Crippen LogP contribution in [0, 0.1) is 0 Å². The molecule has 0 aromatic rings. The van der Waals surface area contributed by atoms with E-state index < -0.39 is 11.9 Å². The molecule has 1 aliphatic carbocycles. The average molecular weight is 232 g/mol. The zero-order valence-corrected chi connectivity index (χ0v) is 9.69. The van der Waals surface area contributed by atoms with Gasteiger partial charge in [0.05, 0.1) is 0 Å². The molecule has 2 atom stereocenters. The quantitative estimate of drug-likeness (QED) is 0.496. The van der Waals surface area contributed by atoms with Gasteiger partial charge in [-0.15, -0.1) is 0 Å². The topological polar surface area (TPSA) is 98.7 Å². The summed E-state index contributed by atoms with van der Waals surface area (Å²) in [7, 11) is 4.11. The molecule has 0 amide bonds. The van der Waals surface area contributed by atoms with Crippen LogP contribution < -0.4 is 10.6 Å². The first kappa shape index (κ1) is 14.9. The first-order chi connectivity index (χ1) is 7.52. The van der Waals surface area contributed by atoms with Gasteiger partial charge in [-0.25, -0.2) is 9.59 Å². The summed E-state index contributed by atoms with van der Waals surface area (Å²) in [5.41, 5.74) is 0. The van der Waals surface area contributed by atoms with E-state index in [1.165, 1.54) is 25.7 Å². The molecule has 0 unspecified atom stereocenters. The molecule has 94 valence electrons. The molecular formula is C10H20N2O4. The predicted octanol–water partition coefficient (Wildman–Crippen LogP) is -0.108. The Labute approximate surface area is 95.0 Å². The van der Waals surface area contributed by atoms with E-state index >= 15 is 0 Å². The second kappa shape index (κ2) is 8.06. The Bertz CT molecular complexity index is 209. The third-order valence-electron chi connectivity index (χ3n) is 2.69. The summed E-state index contributed by atoms with van der Waals surface area (Å²) in [5, 5.41) is 21.5. The Hall–Kier alpha value is -1.14. The first-order valence-corrected chi connectivity index (χ1v) is 5.33. The SMILES string of the molecule is CN[C@H]1CCCC[C@@H]1NC.O=C(O)C(=O)O. The van der Waals surface area contributed by atoms with Gasteiger partial charge in [0.25, 0.3) is 0 Å². The normalized spacial score (nSPS) is 24.1. The van der Waals surface area contributed by atoms with E-state index in [-0.39, 0.29) is 0 Å². The number of carboxylic acid groups (broad SMARTS) is 2. The zero-order valence-electron chi connectivity index (χ0n) is 9.69. The van der Waals surface area contributed by atoms with Crippen molar-refractivity contribution in [3.8, 4) is 0 Å². The average Bonchev–Trinajstić information content (AvgIpc) is 2.29. The minimum atomic E-state index is -1.82. The van der Waals surface area contributed by atoms with Crippen molar-refractivity contribution in [1.29, 1.82) is 0 Å². The molecule has 0 aromatic heterocycles. The maximum absolute atomic E-state index is 9.10.